The van der Waals surface area contributed by atoms with Crippen LogP contribution in [0, 0.1) is 17.0 Å². The van der Waals surface area contributed by atoms with E-state index in [-0.39, 0.29) is 17.4 Å². The van der Waals surface area contributed by atoms with Gasteiger partial charge in [-0.2, -0.15) is 0 Å². The van der Waals surface area contributed by atoms with Crippen LogP contribution >= 0.6 is 0 Å². The van der Waals surface area contributed by atoms with E-state index in [0.29, 0.717) is 30.0 Å². The minimum atomic E-state index is -0.458. The Morgan fingerprint density at radius 1 is 1.27 bits per heavy atom. The summed E-state index contributed by atoms with van der Waals surface area (Å²) < 4.78 is 11.0. The van der Waals surface area contributed by atoms with Crippen LogP contribution in [0.15, 0.2) is 40.8 Å². The molecular weight excluding hydrogens is 336 g/mol. The number of methoxy groups -OCH3 is 1. The fraction of sp³-hybridized carbons (Fsp3) is 0.211. The maximum Gasteiger partial charge on any atom is 0.294 e. The summed E-state index contributed by atoms with van der Waals surface area (Å²) >= 11 is 0. The number of ether oxygens (including phenoxy) is 1. The van der Waals surface area contributed by atoms with Gasteiger partial charge < -0.3 is 14.1 Å². The zero-order valence-electron chi connectivity index (χ0n) is 14.3. The van der Waals surface area contributed by atoms with Crippen molar-refractivity contribution < 1.29 is 18.9 Å². The Morgan fingerprint density at radius 3 is 2.81 bits per heavy atom. The van der Waals surface area contributed by atoms with Gasteiger partial charge in [-0.05, 0) is 37.1 Å². The van der Waals surface area contributed by atoms with Crippen LogP contribution in [0.4, 0.5) is 11.4 Å². The molecule has 0 saturated carbocycles. The van der Waals surface area contributed by atoms with Crippen molar-refractivity contribution in [2.24, 2.45) is 0 Å². The van der Waals surface area contributed by atoms with Gasteiger partial charge in [0.25, 0.3) is 11.6 Å². The topological polar surface area (TPSA) is 85.8 Å². The molecule has 0 fully saturated rings. The fourth-order valence-corrected chi connectivity index (χ4v) is 3.35. The third-order valence-electron chi connectivity index (χ3n) is 4.76. The molecule has 0 radical (unpaired) electrons. The Labute approximate surface area is 148 Å². The van der Waals surface area contributed by atoms with Crippen LogP contribution in [0.2, 0.25) is 0 Å². The molecule has 0 atom stereocenters. The van der Waals surface area contributed by atoms with E-state index in [0.717, 1.165) is 16.5 Å². The number of nitro groups is 1. The number of nitrogens with zero attached hydrogens (tertiary/aromatic N) is 2. The number of amides is 1. The van der Waals surface area contributed by atoms with Crippen molar-refractivity contribution in [1.29, 1.82) is 0 Å². The number of furan rings is 1. The van der Waals surface area contributed by atoms with Crippen molar-refractivity contribution >= 4 is 28.3 Å². The van der Waals surface area contributed by atoms with Crippen LogP contribution in [-0.2, 0) is 6.42 Å². The second-order valence-corrected chi connectivity index (χ2v) is 6.20. The van der Waals surface area contributed by atoms with Crippen molar-refractivity contribution in [1.82, 2.24) is 0 Å². The summed E-state index contributed by atoms with van der Waals surface area (Å²) in [5.41, 5.74) is 2.78. The number of carbonyl (C=O) groups excluding carboxylic acids is 1. The van der Waals surface area contributed by atoms with Crippen molar-refractivity contribution in [3.05, 3.63) is 63.4 Å². The van der Waals surface area contributed by atoms with Gasteiger partial charge in [0.1, 0.15) is 11.3 Å². The maximum absolute atomic E-state index is 13.1. The molecule has 0 spiro atoms. The number of aryl methyl sites for hydroxylation is 1. The number of benzene rings is 2. The monoisotopic (exact) mass is 352 g/mol. The number of hydrogen-bond acceptors (Lipinski definition) is 5. The zero-order valence-corrected chi connectivity index (χ0v) is 14.3. The van der Waals surface area contributed by atoms with Gasteiger partial charge in [-0.1, -0.05) is 6.07 Å². The van der Waals surface area contributed by atoms with E-state index in [1.54, 1.807) is 30.2 Å². The lowest BCUT2D eigenvalue weighted by Gasteiger charge is -2.16. The molecule has 7 nitrogen and oxygen atoms in total. The summed E-state index contributed by atoms with van der Waals surface area (Å²) in [4.78, 5) is 25.2. The minimum absolute atomic E-state index is 0.0329. The molecule has 2 heterocycles. The lowest BCUT2D eigenvalue weighted by Crippen LogP contribution is -2.29. The van der Waals surface area contributed by atoms with Crippen LogP contribution < -0.4 is 9.64 Å². The Kier molecular flexibility index (Phi) is 3.64. The molecule has 1 aliphatic rings. The van der Waals surface area contributed by atoms with Crippen LogP contribution in [0.3, 0.4) is 0 Å². The highest BCUT2D eigenvalue weighted by Crippen LogP contribution is 2.35. The normalized spacial score (nSPS) is 13.1. The third kappa shape index (κ3) is 2.40. The molecule has 0 aliphatic carbocycles. The standard InChI is InChI=1S/C19H16N2O5/c1-11-15-10-14(25-2)5-6-17(15)26-18(11)19(22)20-8-7-12-3-4-13(21(23)24)9-16(12)20/h3-6,9-10H,7-8H2,1-2H3. The van der Waals surface area contributed by atoms with Gasteiger partial charge in [-0.3, -0.25) is 14.9 Å². The molecule has 132 valence electrons. The molecule has 7 heteroatoms. The van der Waals surface area contributed by atoms with E-state index < -0.39 is 4.92 Å². The van der Waals surface area contributed by atoms with Gasteiger partial charge in [0, 0.05) is 29.6 Å². The SMILES string of the molecule is COc1ccc2oc(C(=O)N3CCc4ccc([N+](=O)[O-])cc43)c(C)c2c1. The van der Waals surface area contributed by atoms with Gasteiger partial charge in [-0.25, -0.2) is 0 Å². The molecule has 0 saturated heterocycles. The Bertz CT molecular complexity index is 1050. The van der Waals surface area contributed by atoms with Gasteiger partial charge in [0.15, 0.2) is 5.76 Å². The lowest BCUT2D eigenvalue weighted by atomic mass is 10.1. The first-order valence-electron chi connectivity index (χ1n) is 8.16. The highest BCUT2D eigenvalue weighted by Gasteiger charge is 2.30. The van der Waals surface area contributed by atoms with Crippen LogP contribution in [-0.4, -0.2) is 24.5 Å². The Morgan fingerprint density at radius 2 is 2.08 bits per heavy atom. The molecule has 2 aromatic carbocycles. The minimum Gasteiger partial charge on any atom is -0.497 e. The molecule has 1 amide bonds. The maximum atomic E-state index is 13.1. The quantitative estimate of drug-likeness (QED) is 0.528. The van der Waals surface area contributed by atoms with E-state index in [2.05, 4.69) is 0 Å². The largest absolute Gasteiger partial charge is 0.497 e. The fourth-order valence-electron chi connectivity index (χ4n) is 3.35. The van der Waals surface area contributed by atoms with Gasteiger partial charge >= 0.3 is 0 Å². The molecule has 0 unspecified atom stereocenters. The molecule has 3 aromatic rings. The summed E-state index contributed by atoms with van der Waals surface area (Å²) in [5.74, 6) is 0.632. The number of hydrogen-bond donors (Lipinski definition) is 0. The average Bonchev–Trinajstić information content (AvgIpc) is 3.21. The lowest BCUT2D eigenvalue weighted by molar-refractivity contribution is -0.384. The molecular formula is C19H16N2O5. The molecule has 26 heavy (non-hydrogen) atoms. The van der Waals surface area contributed by atoms with Crippen LogP contribution in [0.5, 0.6) is 5.75 Å². The van der Waals surface area contributed by atoms with Crippen molar-refractivity contribution in [3.8, 4) is 5.75 Å². The molecule has 1 aliphatic heterocycles. The molecule has 0 bridgehead atoms. The molecule has 1 aromatic heterocycles. The zero-order chi connectivity index (χ0) is 18.4. The van der Waals surface area contributed by atoms with Gasteiger partial charge in [-0.15, -0.1) is 0 Å². The van der Waals surface area contributed by atoms with E-state index in [1.165, 1.54) is 12.1 Å². The second-order valence-electron chi connectivity index (χ2n) is 6.20. The Balaban J connectivity index is 1.76. The van der Waals surface area contributed by atoms with E-state index >= 15 is 0 Å². The number of fused-ring (bicyclic) bond motifs is 2. The van der Waals surface area contributed by atoms with Gasteiger partial charge in [0.05, 0.1) is 17.7 Å². The first-order valence-corrected chi connectivity index (χ1v) is 8.16. The molecule has 0 N–H and O–H groups in total. The van der Waals surface area contributed by atoms with Crippen molar-refractivity contribution in [3.63, 3.8) is 0 Å². The summed E-state index contributed by atoms with van der Waals surface area (Å²) in [6, 6.07) is 9.98. The second kappa shape index (κ2) is 5.87. The summed E-state index contributed by atoms with van der Waals surface area (Å²) in [7, 11) is 1.58. The average molecular weight is 352 g/mol. The number of carbonyl (C=O) groups is 1. The third-order valence-corrected chi connectivity index (χ3v) is 4.76. The summed E-state index contributed by atoms with van der Waals surface area (Å²) in [6.07, 6.45) is 0.659. The highest BCUT2D eigenvalue weighted by atomic mass is 16.6. The number of nitro benzene ring substituents is 1. The highest BCUT2D eigenvalue weighted by molar-refractivity contribution is 6.09. The van der Waals surface area contributed by atoms with Crippen molar-refractivity contribution in [2.45, 2.75) is 13.3 Å². The number of non-ortho nitro benzene ring substituents is 1. The van der Waals surface area contributed by atoms with E-state index in [1.807, 2.05) is 13.0 Å². The van der Waals surface area contributed by atoms with Crippen LogP contribution in [0.1, 0.15) is 21.7 Å². The smallest absolute Gasteiger partial charge is 0.294 e. The Hall–Kier alpha value is -3.35. The summed E-state index contributed by atoms with van der Waals surface area (Å²) in [6.45, 7) is 2.29. The first-order chi connectivity index (χ1) is 12.5. The van der Waals surface area contributed by atoms with E-state index in [4.69, 9.17) is 9.15 Å². The number of rotatable bonds is 3. The first kappa shape index (κ1) is 16.1. The van der Waals surface area contributed by atoms with Crippen LogP contribution in [0.25, 0.3) is 11.0 Å². The molecule has 4 rings (SSSR count). The number of anilines is 1. The predicted molar refractivity (Wildman–Crippen MR) is 96.0 cm³/mol. The van der Waals surface area contributed by atoms with E-state index in [9.17, 15) is 14.9 Å². The predicted octanol–water partition coefficient (Wildman–Crippen LogP) is 3.86. The van der Waals surface area contributed by atoms with Gasteiger partial charge in [0.2, 0.25) is 0 Å². The van der Waals surface area contributed by atoms with Crippen molar-refractivity contribution in [2.75, 3.05) is 18.6 Å². The summed E-state index contributed by atoms with van der Waals surface area (Å²) in [5, 5.41) is 11.9.